The van der Waals surface area contributed by atoms with Crippen molar-refractivity contribution < 1.29 is 9.50 Å². The summed E-state index contributed by atoms with van der Waals surface area (Å²) in [5, 5.41) is 10.2. The smallest absolute Gasteiger partial charge is 0.123 e. The van der Waals surface area contributed by atoms with E-state index in [0.29, 0.717) is 6.42 Å². The van der Waals surface area contributed by atoms with Crippen LogP contribution in [0.25, 0.3) is 0 Å². The monoisotopic (exact) mass is 222 g/mol. The lowest BCUT2D eigenvalue weighted by Gasteiger charge is -2.23. The molecule has 0 heterocycles. The minimum absolute atomic E-state index is 0.221. The van der Waals surface area contributed by atoms with Crippen LogP contribution in [0.4, 0.5) is 4.39 Å². The van der Waals surface area contributed by atoms with Gasteiger partial charge in [-0.05, 0) is 43.4 Å². The van der Waals surface area contributed by atoms with Crippen LogP contribution in [-0.2, 0) is 6.42 Å². The Labute approximate surface area is 96.3 Å². The van der Waals surface area contributed by atoms with Crippen molar-refractivity contribution in [2.75, 3.05) is 0 Å². The van der Waals surface area contributed by atoms with Gasteiger partial charge >= 0.3 is 0 Å². The molecular weight excluding hydrogens is 203 g/mol. The lowest BCUT2D eigenvalue weighted by Crippen LogP contribution is -2.27. The predicted octanol–water partition coefficient (Wildman–Crippen LogP) is 3.31. The summed E-state index contributed by atoms with van der Waals surface area (Å²) in [5.41, 5.74) is 0.350. The second-order valence-electron chi connectivity index (χ2n) is 5.28. The van der Waals surface area contributed by atoms with E-state index in [1.165, 1.54) is 25.0 Å². The van der Waals surface area contributed by atoms with E-state index in [2.05, 4.69) is 0 Å². The van der Waals surface area contributed by atoms with Crippen LogP contribution in [0.5, 0.6) is 0 Å². The molecule has 16 heavy (non-hydrogen) atoms. The number of benzene rings is 1. The molecule has 0 aliphatic heterocycles. The molecule has 1 unspecified atom stereocenters. The summed E-state index contributed by atoms with van der Waals surface area (Å²) in [5.74, 6) is 0.626. The summed E-state index contributed by atoms with van der Waals surface area (Å²) >= 11 is 0. The van der Waals surface area contributed by atoms with Gasteiger partial charge < -0.3 is 5.11 Å². The van der Waals surface area contributed by atoms with Gasteiger partial charge in [-0.3, -0.25) is 0 Å². The fraction of sp³-hybridized carbons (Fsp3) is 0.571. The maximum absolute atomic E-state index is 12.7. The topological polar surface area (TPSA) is 20.2 Å². The molecule has 1 aliphatic rings. The van der Waals surface area contributed by atoms with E-state index >= 15 is 0 Å². The Morgan fingerprint density at radius 3 is 2.50 bits per heavy atom. The average Bonchev–Trinajstić information content (AvgIpc) is 3.02. The van der Waals surface area contributed by atoms with Gasteiger partial charge in [0, 0.05) is 6.42 Å². The largest absolute Gasteiger partial charge is 0.390 e. The van der Waals surface area contributed by atoms with Crippen LogP contribution >= 0.6 is 0 Å². The third kappa shape index (κ3) is 3.60. The van der Waals surface area contributed by atoms with E-state index in [1.807, 2.05) is 6.92 Å². The van der Waals surface area contributed by atoms with Gasteiger partial charge in [0.2, 0.25) is 0 Å². The van der Waals surface area contributed by atoms with Gasteiger partial charge in [0.1, 0.15) is 5.82 Å². The highest BCUT2D eigenvalue weighted by molar-refractivity contribution is 5.17. The molecule has 1 aliphatic carbocycles. The first kappa shape index (κ1) is 11.6. The molecule has 1 aromatic carbocycles. The van der Waals surface area contributed by atoms with Gasteiger partial charge in [0.25, 0.3) is 0 Å². The Balaban J connectivity index is 1.87. The van der Waals surface area contributed by atoms with Crippen molar-refractivity contribution in [2.24, 2.45) is 5.92 Å². The number of hydrogen-bond donors (Lipinski definition) is 1. The molecule has 1 aromatic rings. The molecule has 1 atom stereocenters. The Hall–Kier alpha value is -0.890. The molecule has 0 bridgehead atoms. The van der Waals surface area contributed by atoms with Gasteiger partial charge in [-0.25, -0.2) is 4.39 Å². The van der Waals surface area contributed by atoms with E-state index in [0.717, 1.165) is 24.3 Å². The van der Waals surface area contributed by atoms with Gasteiger partial charge in [0.05, 0.1) is 5.60 Å². The third-order valence-corrected chi connectivity index (χ3v) is 3.29. The highest BCUT2D eigenvalue weighted by Gasteiger charge is 2.27. The second-order valence-corrected chi connectivity index (χ2v) is 5.28. The van der Waals surface area contributed by atoms with Crippen molar-refractivity contribution >= 4 is 0 Å². The van der Waals surface area contributed by atoms with Gasteiger partial charge in [-0.1, -0.05) is 25.0 Å². The Kier molecular flexibility index (Phi) is 3.29. The molecule has 1 N–H and O–H groups in total. The van der Waals surface area contributed by atoms with Gasteiger partial charge in [-0.15, -0.1) is 0 Å². The van der Waals surface area contributed by atoms with Gasteiger partial charge in [0.15, 0.2) is 0 Å². The van der Waals surface area contributed by atoms with E-state index in [4.69, 9.17) is 0 Å². The van der Waals surface area contributed by atoms with Gasteiger partial charge in [-0.2, -0.15) is 0 Å². The van der Waals surface area contributed by atoms with Crippen LogP contribution in [0.15, 0.2) is 24.3 Å². The number of rotatable bonds is 5. The van der Waals surface area contributed by atoms with Crippen molar-refractivity contribution in [3.8, 4) is 0 Å². The summed E-state index contributed by atoms with van der Waals surface area (Å²) in [4.78, 5) is 0. The van der Waals surface area contributed by atoms with E-state index in [-0.39, 0.29) is 5.82 Å². The zero-order chi connectivity index (χ0) is 11.6. The summed E-state index contributed by atoms with van der Waals surface area (Å²) in [7, 11) is 0. The summed E-state index contributed by atoms with van der Waals surface area (Å²) in [6.07, 6.45) is 5.22. The molecule has 1 nitrogen and oxygen atoms in total. The van der Waals surface area contributed by atoms with Crippen LogP contribution in [0.2, 0.25) is 0 Å². The van der Waals surface area contributed by atoms with Crippen LogP contribution in [0.3, 0.4) is 0 Å². The summed E-state index contributed by atoms with van der Waals surface area (Å²) in [6.45, 7) is 1.87. The first-order valence-corrected chi connectivity index (χ1v) is 6.02. The molecular formula is C14H19FO. The molecule has 1 fully saturated rings. The molecule has 0 amide bonds. The fourth-order valence-electron chi connectivity index (χ4n) is 2.05. The molecule has 0 aromatic heterocycles. The highest BCUT2D eigenvalue weighted by Crippen LogP contribution is 2.35. The zero-order valence-corrected chi connectivity index (χ0v) is 9.75. The van der Waals surface area contributed by atoms with Crippen LogP contribution in [0, 0.1) is 11.7 Å². The summed E-state index contributed by atoms with van der Waals surface area (Å²) < 4.78 is 12.7. The predicted molar refractivity (Wildman–Crippen MR) is 62.7 cm³/mol. The Morgan fingerprint density at radius 2 is 1.94 bits per heavy atom. The van der Waals surface area contributed by atoms with Crippen LogP contribution < -0.4 is 0 Å². The molecule has 0 saturated heterocycles. The zero-order valence-electron chi connectivity index (χ0n) is 9.75. The minimum Gasteiger partial charge on any atom is -0.390 e. The van der Waals surface area contributed by atoms with Crippen molar-refractivity contribution in [3.05, 3.63) is 35.6 Å². The molecule has 0 spiro atoms. The quantitative estimate of drug-likeness (QED) is 0.810. The number of hydrogen-bond acceptors (Lipinski definition) is 1. The maximum atomic E-state index is 12.7. The SMILES string of the molecule is CC(O)(CCC1CC1)Cc1ccc(F)cc1. The molecule has 1 saturated carbocycles. The molecule has 2 rings (SSSR count). The molecule has 2 heteroatoms. The maximum Gasteiger partial charge on any atom is 0.123 e. The minimum atomic E-state index is -0.652. The van der Waals surface area contributed by atoms with Crippen molar-refractivity contribution in [1.29, 1.82) is 0 Å². The average molecular weight is 222 g/mol. The molecule has 0 radical (unpaired) electrons. The standard InChI is InChI=1S/C14H19FO/c1-14(16,9-8-11-2-3-11)10-12-4-6-13(15)7-5-12/h4-7,11,16H,2-3,8-10H2,1H3. The Bertz CT molecular complexity index is 338. The fourth-order valence-corrected chi connectivity index (χ4v) is 2.05. The summed E-state index contributed by atoms with van der Waals surface area (Å²) in [6, 6.07) is 6.40. The lowest BCUT2D eigenvalue weighted by molar-refractivity contribution is 0.0476. The van der Waals surface area contributed by atoms with Crippen LogP contribution in [-0.4, -0.2) is 10.7 Å². The Morgan fingerprint density at radius 1 is 1.31 bits per heavy atom. The number of aliphatic hydroxyl groups is 1. The molecule has 88 valence electrons. The number of halogens is 1. The second kappa shape index (κ2) is 4.54. The lowest BCUT2D eigenvalue weighted by atomic mass is 9.91. The first-order valence-electron chi connectivity index (χ1n) is 6.02. The van der Waals surface area contributed by atoms with Crippen molar-refractivity contribution in [2.45, 2.75) is 44.6 Å². The third-order valence-electron chi connectivity index (χ3n) is 3.29. The van der Waals surface area contributed by atoms with E-state index < -0.39 is 5.60 Å². The highest BCUT2D eigenvalue weighted by atomic mass is 19.1. The normalized spacial score (nSPS) is 19.4. The van der Waals surface area contributed by atoms with Crippen molar-refractivity contribution in [1.82, 2.24) is 0 Å². The van der Waals surface area contributed by atoms with Crippen LogP contribution in [0.1, 0.15) is 38.2 Å². The van der Waals surface area contributed by atoms with E-state index in [9.17, 15) is 9.50 Å². The van der Waals surface area contributed by atoms with Crippen molar-refractivity contribution in [3.63, 3.8) is 0 Å². The van der Waals surface area contributed by atoms with E-state index in [1.54, 1.807) is 12.1 Å². The first-order chi connectivity index (χ1) is 7.55.